The number of fused-ring (bicyclic) bond motifs is 1. The van der Waals surface area contributed by atoms with Crippen molar-refractivity contribution < 1.29 is 14.3 Å². The van der Waals surface area contributed by atoms with Gasteiger partial charge in [-0.05, 0) is 20.8 Å². The average Bonchev–Trinajstić information content (AvgIpc) is 2.87. The Morgan fingerprint density at radius 2 is 1.81 bits per heavy atom. The molecule has 2 heterocycles. The molecule has 2 aromatic rings. The fourth-order valence-electron chi connectivity index (χ4n) is 2.90. The quantitative estimate of drug-likeness (QED) is 0.629. The van der Waals surface area contributed by atoms with Gasteiger partial charge in [0.1, 0.15) is 0 Å². The van der Waals surface area contributed by atoms with Crippen molar-refractivity contribution >= 4 is 11.8 Å². The van der Waals surface area contributed by atoms with Crippen molar-refractivity contribution in [3.8, 4) is 5.75 Å². The minimum absolute atomic E-state index is 0.0485. The van der Waals surface area contributed by atoms with Gasteiger partial charge in [0.05, 0.1) is 17.3 Å². The molecule has 1 aliphatic heterocycles. The highest BCUT2D eigenvalue weighted by Crippen LogP contribution is 2.41. The Hall–Kier alpha value is -2.36. The Labute approximate surface area is 123 Å². The zero-order chi connectivity index (χ0) is 15.3. The van der Waals surface area contributed by atoms with Crippen LogP contribution < -0.4 is 4.74 Å². The maximum Gasteiger partial charge on any atom is 0.320 e. The lowest BCUT2D eigenvalue weighted by Crippen LogP contribution is -2.15. The first-order chi connectivity index (χ1) is 9.91. The molecule has 0 saturated carbocycles. The number of nitrogens with zero attached hydrogens (tertiary/aromatic N) is 1. The zero-order valence-corrected chi connectivity index (χ0v) is 12.6. The van der Waals surface area contributed by atoms with Gasteiger partial charge in [0.25, 0.3) is 0 Å². The Bertz CT molecular complexity index is 753. The molecular formula is C17H17NO3. The van der Waals surface area contributed by atoms with Gasteiger partial charge in [-0.15, -0.1) is 0 Å². The maximum atomic E-state index is 12.7. The number of aryl methyl sites for hydroxylation is 1. The second-order valence-electron chi connectivity index (χ2n) is 5.58. The normalized spacial score (nSPS) is 16.8. The number of carbonyl (C=O) groups is 2. The van der Waals surface area contributed by atoms with Crippen LogP contribution in [0, 0.1) is 13.8 Å². The summed E-state index contributed by atoms with van der Waals surface area (Å²) in [5.41, 5.74) is 3.86. The van der Waals surface area contributed by atoms with Gasteiger partial charge in [0, 0.05) is 18.2 Å². The van der Waals surface area contributed by atoms with Crippen LogP contribution in [0.25, 0.3) is 0 Å². The van der Waals surface area contributed by atoms with Gasteiger partial charge in [-0.25, -0.2) is 0 Å². The molecule has 1 unspecified atom stereocenters. The number of ether oxygens (including phenoxy) is 1. The number of hydrogen-bond donors (Lipinski definition) is 0. The molecule has 0 saturated heterocycles. The summed E-state index contributed by atoms with van der Waals surface area (Å²) in [6.07, 6.45) is 0. The van der Waals surface area contributed by atoms with Crippen LogP contribution in [0.3, 0.4) is 0 Å². The molecule has 0 fully saturated rings. The van der Waals surface area contributed by atoms with Crippen LogP contribution in [0.5, 0.6) is 5.75 Å². The molecule has 4 nitrogen and oxygen atoms in total. The molecule has 1 atom stereocenters. The van der Waals surface area contributed by atoms with Crippen molar-refractivity contribution in [3.63, 3.8) is 0 Å². The highest BCUT2D eigenvalue weighted by molar-refractivity contribution is 6.10. The van der Waals surface area contributed by atoms with Crippen LogP contribution in [0.15, 0.2) is 24.3 Å². The van der Waals surface area contributed by atoms with E-state index in [0.717, 1.165) is 16.8 Å². The van der Waals surface area contributed by atoms with Crippen LogP contribution in [0.1, 0.15) is 45.7 Å². The molecule has 21 heavy (non-hydrogen) atoms. The summed E-state index contributed by atoms with van der Waals surface area (Å²) in [5.74, 6) is -0.0885. The van der Waals surface area contributed by atoms with E-state index in [-0.39, 0.29) is 17.7 Å². The van der Waals surface area contributed by atoms with E-state index in [1.54, 1.807) is 11.5 Å². The lowest BCUT2D eigenvalue weighted by molar-refractivity contribution is -0.133. The first kappa shape index (κ1) is 13.6. The lowest BCUT2D eigenvalue weighted by atomic mass is 10.0. The fourth-order valence-corrected chi connectivity index (χ4v) is 2.90. The molecule has 0 N–H and O–H groups in total. The minimum atomic E-state index is -0.330. The summed E-state index contributed by atoms with van der Waals surface area (Å²) in [6, 6.07) is 7.49. The van der Waals surface area contributed by atoms with Crippen LogP contribution in [0.2, 0.25) is 0 Å². The van der Waals surface area contributed by atoms with Crippen molar-refractivity contribution in [3.05, 3.63) is 52.3 Å². The highest BCUT2D eigenvalue weighted by atomic mass is 16.5. The average molecular weight is 283 g/mol. The van der Waals surface area contributed by atoms with E-state index in [1.165, 1.54) is 0 Å². The Morgan fingerprint density at radius 3 is 2.38 bits per heavy atom. The molecule has 0 spiro atoms. The molecular weight excluding hydrogens is 266 g/mol. The number of hydrogen-bond acceptors (Lipinski definition) is 3. The molecule has 4 heteroatoms. The van der Waals surface area contributed by atoms with Gasteiger partial charge >= 0.3 is 5.97 Å². The summed E-state index contributed by atoms with van der Waals surface area (Å²) in [7, 11) is 1.81. The number of esters is 1. The molecule has 0 radical (unpaired) electrons. The van der Waals surface area contributed by atoms with Crippen molar-refractivity contribution in [2.24, 2.45) is 7.05 Å². The summed E-state index contributed by atoms with van der Waals surface area (Å²) in [6.45, 7) is 5.61. The van der Waals surface area contributed by atoms with Crippen molar-refractivity contribution in [1.29, 1.82) is 0 Å². The number of benzene rings is 1. The maximum absolute atomic E-state index is 12.7. The summed E-state index contributed by atoms with van der Waals surface area (Å²) in [4.78, 5) is 24.4. The second-order valence-corrected chi connectivity index (χ2v) is 5.58. The predicted octanol–water partition coefficient (Wildman–Crippen LogP) is 2.90. The largest absolute Gasteiger partial charge is 0.424 e. The Morgan fingerprint density at radius 1 is 1.19 bits per heavy atom. The number of rotatable bonds is 2. The highest BCUT2D eigenvalue weighted by Gasteiger charge is 2.37. The first-order valence-corrected chi connectivity index (χ1v) is 6.94. The molecule has 1 aromatic heterocycles. The summed E-state index contributed by atoms with van der Waals surface area (Å²) >= 11 is 0. The summed E-state index contributed by atoms with van der Waals surface area (Å²) < 4.78 is 7.10. The standard InChI is InChI=1S/C17H17NO3/c1-9-5-7-12(8-6-9)15(19)13-10(2)16-14(18(13)4)11(3)17(20)21-16/h5-8,11H,1-4H3. The third kappa shape index (κ3) is 1.90. The number of aromatic nitrogens is 1. The minimum Gasteiger partial charge on any atom is -0.424 e. The molecule has 1 aromatic carbocycles. The van der Waals surface area contributed by atoms with E-state index in [2.05, 4.69) is 0 Å². The van der Waals surface area contributed by atoms with Crippen LogP contribution in [-0.4, -0.2) is 16.3 Å². The van der Waals surface area contributed by atoms with E-state index in [4.69, 9.17) is 4.74 Å². The Kier molecular flexibility index (Phi) is 2.97. The van der Waals surface area contributed by atoms with Crippen molar-refractivity contribution in [1.82, 2.24) is 4.57 Å². The van der Waals surface area contributed by atoms with E-state index < -0.39 is 0 Å². The number of ketones is 1. The molecule has 3 rings (SSSR count). The van der Waals surface area contributed by atoms with Crippen molar-refractivity contribution in [2.45, 2.75) is 26.7 Å². The molecule has 0 aliphatic carbocycles. The van der Waals surface area contributed by atoms with Crippen molar-refractivity contribution in [2.75, 3.05) is 0 Å². The van der Waals surface area contributed by atoms with E-state index in [0.29, 0.717) is 17.0 Å². The van der Waals surface area contributed by atoms with Crippen LogP contribution in [-0.2, 0) is 11.8 Å². The van der Waals surface area contributed by atoms with Gasteiger partial charge in [-0.2, -0.15) is 0 Å². The number of carbonyl (C=O) groups excluding carboxylic acids is 2. The van der Waals surface area contributed by atoms with E-state index in [1.807, 2.05) is 45.2 Å². The topological polar surface area (TPSA) is 48.3 Å². The van der Waals surface area contributed by atoms with Gasteiger partial charge in [0.2, 0.25) is 5.78 Å². The third-order valence-corrected chi connectivity index (χ3v) is 4.12. The zero-order valence-electron chi connectivity index (χ0n) is 12.6. The van der Waals surface area contributed by atoms with Gasteiger partial charge in [-0.3, -0.25) is 9.59 Å². The summed E-state index contributed by atoms with van der Waals surface area (Å²) in [5, 5.41) is 0. The SMILES string of the molecule is Cc1ccc(C(=O)c2c(C)c3c(n2C)C(C)C(=O)O3)cc1. The van der Waals surface area contributed by atoms with Gasteiger partial charge < -0.3 is 9.30 Å². The fraction of sp³-hybridized carbons (Fsp3) is 0.294. The van der Waals surface area contributed by atoms with Gasteiger partial charge in [0.15, 0.2) is 5.75 Å². The molecule has 108 valence electrons. The van der Waals surface area contributed by atoms with Crippen LogP contribution in [0.4, 0.5) is 0 Å². The lowest BCUT2D eigenvalue weighted by Gasteiger charge is -2.09. The first-order valence-electron chi connectivity index (χ1n) is 6.94. The second kappa shape index (κ2) is 4.58. The molecule has 0 amide bonds. The smallest absolute Gasteiger partial charge is 0.320 e. The molecule has 0 bridgehead atoms. The monoisotopic (exact) mass is 283 g/mol. The van der Waals surface area contributed by atoms with Gasteiger partial charge in [-0.1, -0.05) is 29.8 Å². The molecule has 1 aliphatic rings. The van der Waals surface area contributed by atoms with E-state index in [9.17, 15) is 9.59 Å². The van der Waals surface area contributed by atoms with Crippen LogP contribution >= 0.6 is 0 Å². The Balaban J connectivity index is 2.11. The predicted molar refractivity (Wildman–Crippen MR) is 78.8 cm³/mol. The van der Waals surface area contributed by atoms with E-state index >= 15 is 0 Å². The third-order valence-electron chi connectivity index (χ3n) is 4.12.